The molecule has 0 aliphatic rings. The van der Waals surface area contributed by atoms with Crippen LogP contribution in [0.25, 0.3) is 10.9 Å². The van der Waals surface area contributed by atoms with Gasteiger partial charge in [-0.15, -0.1) is 0 Å². The monoisotopic (exact) mass is 249 g/mol. The second-order valence-corrected chi connectivity index (χ2v) is 4.75. The van der Waals surface area contributed by atoms with Crippen LogP contribution in [0.3, 0.4) is 0 Å². The highest BCUT2D eigenvalue weighted by molar-refractivity contribution is 7.97. The van der Waals surface area contributed by atoms with E-state index in [0.29, 0.717) is 5.56 Å². The van der Waals surface area contributed by atoms with Crippen LogP contribution in [0, 0.1) is 0 Å². The van der Waals surface area contributed by atoms with Gasteiger partial charge < -0.3 is 9.67 Å². The van der Waals surface area contributed by atoms with Crippen molar-refractivity contribution in [2.24, 2.45) is 0 Å². The normalized spacial score (nSPS) is 10.9. The average Bonchev–Trinajstić information content (AvgIpc) is 2.68. The minimum Gasteiger partial charge on any atom is -0.478 e. The number of aromatic nitrogens is 1. The van der Waals surface area contributed by atoms with Crippen molar-refractivity contribution >= 4 is 28.6 Å². The lowest BCUT2D eigenvalue weighted by Crippen LogP contribution is -2.01. The zero-order valence-electron chi connectivity index (χ0n) is 9.93. The summed E-state index contributed by atoms with van der Waals surface area (Å²) in [6.07, 6.45) is 4.11. The Balaban J connectivity index is 2.75. The van der Waals surface area contributed by atoms with Gasteiger partial charge in [0.2, 0.25) is 0 Å². The van der Waals surface area contributed by atoms with Crippen LogP contribution in [-0.4, -0.2) is 21.9 Å². The van der Waals surface area contributed by atoms with Crippen LogP contribution in [0.4, 0.5) is 0 Å². The number of rotatable bonds is 4. The van der Waals surface area contributed by atoms with Crippen molar-refractivity contribution in [3.05, 3.63) is 35.5 Å². The van der Waals surface area contributed by atoms with E-state index >= 15 is 0 Å². The molecule has 1 aromatic carbocycles. The van der Waals surface area contributed by atoms with E-state index in [-0.39, 0.29) is 0 Å². The molecule has 1 heterocycles. The molecule has 0 aliphatic carbocycles. The predicted octanol–water partition coefficient (Wildman–Crippen LogP) is 3.22. The molecule has 0 aliphatic heterocycles. The Morgan fingerprint density at radius 3 is 2.82 bits per heavy atom. The quantitative estimate of drug-likeness (QED) is 0.904. The van der Waals surface area contributed by atoms with E-state index < -0.39 is 5.97 Å². The van der Waals surface area contributed by atoms with Gasteiger partial charge in [0, 0.05) is 23.9 Å². The van der Waals surface area contributed by atoms with Gasteiger partial charge in [0.25, 0.3) is 0 Å². The molecule has 0 fully saturated rings. The largest absolute Gasteiger partial charge is 0.478 e. The van der Waals surface area contributed by atoms with Crippen LogP contribution in [-0.2, 0) is 12.3 Å². The summed E-state index contributed by atoms with van der Waals surface area (Å²) in [5.74, 6) is 0.0474. The predicted molar refractivity (Wildman–Crippen MR) is 71.8 cm³/mol. The first kappa shape index (κ1) is 12.0. The summed E-state index contributed by atoms with van der Waals surface area (Å²) in [7, 11) is 0. The van der Waals surface area contributed by atoms with Gasteiger partial charge in [-0.25, -0.2) is 4.79 Å². The lowest BCUT2D eigenvalue weighted by Gasteiger charge is -2.03. The van der Waals surface area contributed by atoms with E-state index in [1.54, 1.807) is 17.8 Å². The number of benzene rings is 1. The third-order valence-electron chi connectivity index (χ3n) is 2.85. The number of aromatic carboxylic acids is 1. The summed E-state index contributed by atoms with van der Waals surface area (Å²) in [5, 5.41) is 10.3. The highest BCUT2D eigenvalue weighted by Crippen LogP contribution is 2.27. The van der Waals surface area contributed by atoms with Gasteiger partial charge >= 0.3 is 5.97 Å². The first-order chi connectivity index (χ1) is 8.19. The summed E-state index contributed by atoms with van der Waals surface area (Å²) in [6.45, 7) is 2.82. The molecule has 2 rings (SSSR count). The fourth-order valence-electron chi connectivity index (χ4n) is 2.13. The second-order valence-electron chi connectivity index (χ2n) is 3.88. The lowest BCUT2D eigenvalue weighted by molar-refractivity contribution is 0.0698. The maximum absolute atomic E-state index is 11.2. The molecule has 0 amide bonds. The van der Waals surface area contributed by atoms with E-state index in [0.717, 1.165) is 23.2 Å². The highest BCUT2D eigenvalue weighted by Gasteiger charge is 2.14. The number of aryl methyl sites for hydroxylation is 1. The van der Waals surface area contributed by atoms with Crippen molar-refractivity contribution in [2.75, 3.05) is 6.26 Å². The number of thioether (sulfide) groups is 1. The summed E-state index contributed by atoms with van der Waals surface area (Å²) >= 11 is 1.75. The fraction of sp³-hybridized carbons (Fsp3) is 0.308. The third-order valence-corrected chi connectivity index (χ3v) is 3.45. The molecule has 4 heteroatoms. The number of carbonyl (C=O) groups is 1. The zero-order valence-corrected chi connectivity index (χ0v) is 10.8. The molecule has 0 saturated heterocycles. The fourth-order valence-corrected chi connectivity index (χ4v) is 2.67. The molecule has 0 saturated carbocycles. The molecule has 2 aromatic rings. The van der Waals surface area contributed by atoms with E-state index in [1.165, 1.54) is 5.56 Å². The van der Waals surface area contributed by atoms with Crippen molar-refractivity contribution in [2.45, 2.75) is 19.2 Å². The van der Waals surface area contributed by atoms with Gasteiger partial charge in [0.15, 0.2) is 0 Å². The Morgan fingerprint density at radius 2 is 2.24 bits per heavy atom. The van der Waals surface area contributed by atoms with Crippen molar-refractivity contribution in [1.82, 2.24) is 4.57 Å². The molecule has 90 valence electrons. The molecular weight excluding hydrogens is 234 g/mol. The van der Waals surface area contributed by atoms with Gasteiger partial charge in [-0.3, -0.25) is 0 Å². The number of para-hydroxylation sites is 1. The molecule has 0 radical (unpaired) electrons. The van der Waals surface area contributed by atoms with E-state index in [1.807, 2.05) is 23.6 Å². The van der Waals surface area contributed by atoms with Gasteiger partial charge in [-0.1, -0.05) is 12.1 Å². The highest BCUT2D eigenvalue weighted by atomic mass is 32.2. The molecule has 0 bridgehead atoms. The zero-order chi connectivity index (χ0) is 12.4. The van der Waals surface area contributed by atoms with Crippen molar-refractivity contribution < 1.29 is 9.90 Å². The Labute approximate surface area is 104 Å². The summed E-state index contributed by atoms with van der Waals surface area (Å²) in [6, 6.07) is 5.48. The minimum atomic E-state index is -0.862. The van der Waals surface area contributed by atoms with Crippen LogP contribution in [0.15, 0.2) is 24.4 Å². The Kier molecular flexibility index (Phi) is 3.43. The van der Waals surface area contributed by atoms with Crippen LogP contribution >= 0.6 is 11.8 Å². The molecular formula is C13H15NO2S. The number of hydrogen-bond donors (Lipinski definition) is 1. The smallest absolute Gasteiger partial charge is 0.337 e. The van der Waals surface area contributed by atoms with Crippen LogP contribution in [0.2, 0.25) is 0 Å². The van der Waals surface area contributed by atoms with E-state index in [2.05, 4.69) is 12.5 Å². The molecule has 3 nitrogen and oxygen atoms in total. The van der Waals surface area contributed by atoms with Crippen LogP contribution in [0.1, 0.15) is 22.8 Å². The number of nitrogens with zero attached hydrogens (tertiary/aromatic N) is 1. The van der Waals surface area contributed by atoms with Gasteiger partial charge in [-0.2, -0.15) is 11.8 Å². The Hall–Kier alpha value is -1.42. The van der Waals surface area contributed by atoms with Crippen molar-refractivity contribution in [3.63, 3.8) is 0 Å². The summed E-state index contributed by atoms with van der Waals surface area (Å²) in [4.78, 5) is 11.2. The maximum Gasteiger partial charge on any atom is 0.337 e. The van der Waals surface area contributed by atoms with Crippen LogP contribution in [0.5, 0.6) is 0 Å². The van der Waals surface area contributed by atoms with Crippen molar-refractivity contribution in [1.29, 1.82) is 0 Å². The van der Waals surface area contributed by atoms with Gasteiger partial charge in [0.1, 0.15) is 0 Å². The molecule has 1 N–H and O–H groups in total. The van der Waals surface area contributed by atoms with Crippen molar-refractivity contribution in [3.8, 4) is 0 Å². The van der Waals surface area contributed by atoms with Crippen LogP contribution < -0.4 is 0 Å². The molecule has 0 atom stereocenters. The maximum atomic E-state index is 11.2. The SMILES string of the molecule is CCn1cc(CSC)c2cccc(C(=O)O)c21. The summed E-state index contributed by atoms with van der Waals surface area (Å²) in [5.41, 5.74) is 2.43. The number of carboxylic acids is 1. The molecule has 1 aromatic heterocycles. The molecule has 0 unspecified atom stereocenters. The number of hydrogen-bond acceptors (Lipinski definition) is 2. The molecule has 0 spiro atoms. The average molecular weight is 249 g/mol. The summed E-state index contributed by atoms with van der Waals surface area (Å²) < 4.78 is 2.02. The topological polar surface area (TPSA) is 42.2 Å². The number of carboxylic acid groups (broad SMARTS) is 1. The standard InChI is InChI=1S/C13H15NO2S/c1-3-14-7-9(8-17-2)10-5-4-6-11(12(10)14)13(15)16/h4-7H,3,8H2,1-2H3,(H,15,16). The Morgan fingerprint density at radius 1 is 1.47 bits per heavy atom. The molecule has 17 heavy (non-hydrogen) atoms. The van der Waals surface area contributed by atoms with E-state index in [4.69, 9.17) is 0 Å². The first-order valence-corrected chi connectivity index (χ1v) is 6.91. The second kappa shape index (κ2) is 4.84. The lowest BCUT2D eigenvalue weighted by atomic mass is 10.1. The number of fused-ring (bicyclic) bond motifs is 1. The Bertz CT molecular complexity index is 560. The first-order valence-electron chi connectivity index (χ1n) is 5.52. The van der Waals surface area contributed by atoms with Gasteiger partial charge in [0.05, 0.1) is 11.1 Å². The minimum absolute atomic E-state index is 0.386. The third kappa shape index (κ3) is 2.05. The van der Waals surface area contributed by atoms with E-state index in [9.17, 15) is 9.90 Å². The van der Waals surface area contributed by atoms with Gasteiger partial charge in [-0.05, 0) is 24.8 Å².